The van der Waals surface area contributed by atoms with Crippen molar-refractivity contribution in [3.8, 4) is 0 Å². The van der Waals surface area contributed by atoms with E-state index in [0.717, 1.165) is 31.4 Å². The number of carbonyl (C=O) groups excluding carboxylic acids is 2. The van der Waals surface area contributed by atoms with Crippen molar-refractivity contribution in [2.24, 2.45) is 5.92 Å². The minimum absolute atomic E-state index is 0.0138. The molecule has 0 unspecified atom stereocenters. The molecule has 28 heavy (non-hydrogen) atoms. The van der Waals surface area contributed by atoms with E-state index < -0.39 is 23.6 Å². The number of likely N-dealkylation sites (tertiary alicyclic amines) is 1. The maximum atomic E-state index is 13.3. The van der Waals surface area contributed by atoms with Gasteiger partial charge in [0.25, 0.3) is 5.91 Å². The molecule has 1 saturated heterocycles. The third kappa shape index (κ3) is 4.94. The SMILES string of the molecule is C[C@H](NC(=O)c1ccc(F)c(F)c1)C(=O)N1CCC(Cc2ccccc2)CC1. The first kappa shape index (κ1) is 20.0. The standard InChI is InChI=1S/C22H24F2N2O2/c1-15(25-21(27)18-7-8-19(23)20(24)14-18)22(28)26-11-9-17(10-12-26)13-16-5-3-2-4-6-16/h2-8,14-15,17H,9-13H2,1H3,(H,25,27)/t15-/m0/s1. The molecule has 0 aromatic heterocycles. The van der Waals surface area contributed by atoms with E-state index in [1.54, 1.807) is 11.8 Å². The minimum Gasteiger partial charge on any atom is -0.341 e. The van der Waals surface area contributed by atoms with Gasteiger partial charge in [0.15, 0.2) is 11.6 Å². The number of rotatable bonds is 5. The van der Waals surface area contributed by atoms with E-state index >= 15 is 0 Å². The zero-order valence-corrected chi connectivity index (χ0v) is 15.8. The molecule has 0 bridgehead atoms. The van der Waals surface area contributed by atoms with E-state index in [2.05, 4.69) is 17.4 Å². The summed E-state index contributed by atoms with van der Waals surface area (Å²) in [6.45, 7) is 2.92. The summed E-state index contributed by atoms with van der Waals surface area (Å²) in [4.78, 5) is 26.6. The molecule has 1 N–H and O–H groups in total. The van der Waals surface area contributed by atoms with Crippen molar-refractivity contribution in [2.75, 3.05) is 13.1 Å². The van der Waals surface area contributed by atoms with Crippen molar-refractivity contribution < 1.29 is 18.4 Å². The first-order valence-corrected chi connectivity index (χ1v) is 9.52. The predicted octanol–water partition coefficient (Wildman–Crippen LogP) is 3.56. The Morgan fingerprint density at radius 1 is 1.07 bits per heavy atom. The van der Waals surface area contributed by atoms with Gasteiger partial charge in [-0.25, -0.2) is 8.78 Å². The number of hydrogen-bond acceptors (Lipinski definition) is 2. The topological polar surface area (TPSA) is 49.4 Å². The Morgan fingerprint density at radius 3 is 2.39 bits per heavy atom. The van der Waals surface area contributed by atoms with E-state index in [0.29, 0.717) is 19.0 Å². The lowest BCUT2D eigenvalue weighted by atomic mass is 9.90. The average Bonchev–Trinajstić information content (AvgIpc) is 2.70. The molecule has 0 saturated carbocycles. The van der Waals surface area contributed by atoms with Crippen molar-refractivity contribution >= 4 is 11.8 Å². The van der Waals surface area contributed by atoms with Gasteiger partial charge in [-0.05, 0) is 55.9 Å². The van der Waals surface area contributed by atoms with Crippen molar-refractivity contribution in [3.05, 3.63) is 71.3 Å². The van der Waals surface area contributed by atoms with Crippen LogP contribution in [-0.2, 0) is 11.2 Å². The zero-order chi connectivity index (χ0) is 20.1. The summed E-state index contributed by atoms with van der Waals surface area (Å²) in [5.41, 5.74) is 1.29. The summed E-state index contributed by atoms with van der Waals surface area (Å²) in [5.74, 6) is -2.32. The molecule has 1 fully saturated rings. The number of nitrogens with zero attached hydrogens (tertiary/aromatic N) is 1. The van der Waals surface area contributed by atoms with Gasteiger partial charge in [-0.3, -0.25) is 9.59 Å². The molecule has 2 amide bonds. The van der Waals surface area contributed by atoms with Crippen molar-refractivity contribution in [3.63, 3.8) is 0 Å². The maximum Gasteiger partial charge on any atom is 0.252 e. The van der Waals surface area contributed by atoms with Crippen LogP contribution in [-0.4, -0.2) is 35.8 Å². The van der Waals surface area contributed by atoms with Crippen LogP contribution in [0.2, 0.25) is 0 Å². The maximum absolute atomic E-state index is 13.3. The van der Waals surface area contributed by atoms with Crippen LogP contribution >= 0.6 is 0 Å². The lowest BCUT2D eigenvalue weighted by Gasteiger charge is -2.33. The van der Waals surface area contributed by atoms with E-state index in [4.69, 9.17) is 0 Å². The van der Waals surface area contributed by atoms with Crippen LogP contribution < -0.4 is 5.32 Å². The molecule has 0 spiro atoms. The molecule has 0 radical (unpaired) electrons. The molecule has 1 heterocycles. The largest absolute Gasteiger partial charge is 0.341 e. The summed E-state index contributed by atoms with van der Waals surface area (Å²) >= 11 is 0. The molecule has 1 atom stereocenters. The van der Waals surface area contributed by atoms with Crippen LogP contribution in [0.25, 0.3) is 0 Å². The van der Waals surface area contributed by atoms with Crippen LogP contribution in [0.5, 0.6) is 0 Å². The smallest absolute Gasteiger partial charge is 0.252 e. The second kappa shape index (κ2) is 8.95. The molecule has 6 heteroatoms. The van der Waals surface area contributed by atoms with Crippen LogP contribution in [0, 0.1) is 17.6 Å². The van der Waals surface area contributed by atoms with Crippen LogP contribution in [0.1, 0.15) is 35.7 Å². The molecule has 1 aliphatic rings. The number of benzene rings is 2. The first-order chi connectivity index (χ1) is 13.4. The molecule has 2 aromatic carbocycles. The van der Waals surface area contributed by atoms with Gasteiger partial charge in [-0.2, -0.15) is 0 Å². The third-order valence-corrected chi connectivity index (χ3v) is 5.19. The molecular weight excluding hydrogens is 362 g/mol. The van der Waals surface area contributed by atoms with Crippen molar-refractivity contribution in [1.82, 2.24) is 10.2 Å². The summed E-state index contributed by atoms with van der Waals surface area (Å²) in [6.07, 6.45) is 2.85. The molecule has 3 rings (SSSR count). The first-order valence-electron chi connectivity index (χ1n) is 9.52. The van der Waals surface area contributed by atoms with Gasteiger partial charge in [0.05, 0.1) is 0 Å². The van der Waals surface area contributed by atoms with Crippen LogP contribution in [0.3, 0.4) is 0 Å². The second-order valence-corrected chi connectivity index (χ2v) is 7.28. The molecule has 1 aliphatic heterocycles. The van der Waals surface area contributed by atoms with E-state index in [1.165, 1.54) is 11.6 Å². The summed E-state index contributed by atoms with van der Waals surface area (Å²) in [7, 11) is 0. The van der Waals surface area contributed by atoms with Crippen LogP contribution in [0.4, 0.5) is 8.78 Å². The number of amides is 2. The molecular formula is C22H24F2N2O2. The van der Waals surface area contributed by atoms with Gasteiger partial charge in [-0.1, -0.05) is 30.3 Å². The van der Waals surface area contributed by atoms with Crippen LogP contribution in [0.15, 0.2) is 48.5 Å². The van der Waals surface area contributed by atoms with E-state index in [-0.39, 0.29) is 11.5 Å². The molecule has 4 nitrogen and oxygen atoms in total. The number of carbonyl (C=O) groups is 2. The highest BCUT2D eigenvalue weighted by Crippen LogP contribution is 2.22. The quantitative estimate of drug-likeness (QED) is 0.854. The Bertz CT molecular complexity index is 834. The Balaban J connectivity index is 1.50. The predicted molar refractivity (Wildman–Crippen MR) is 103 cm³/mol. The van der Waals surface area contributed by atoms with Gasteiger partial charge >= 0.3 is 0 Å². The summed E-state index contributed by atoms with van der Waals surface area (Å²) in [5, 5.41) is 2.57. The Kier molecular flexibility index (Phi) is 6.39. The Morgan fingerprint density at radius 2 is 1.75 bits per heavy atom. The number of piperidine rings is 1. The summed E-state index contributed by atoms with van der Waals surface area (Å²) < 4.78 is 26.3. The van der Waals surface area contributed by atoms with Gasteiger partial charge in [0.1, 0.15) is 6.04 Å². The normalized spacial score (nSPS) is 15.9. The lowest BCUT2D eigenvalue weighted by molar-refractivity contribution is -0.134. The van der Waals surface area contributed by atoms with Crippen molar-refractivity contribution in [1.29, 1.82) is 0 Å². The number of halogens is 2. The monoisotopic (exact) mass is 386 g/mol. The fourth-order valence-electron chi connectivity index (χ4n) is 3.56. The van der Waals surface area contributed by atoms with Gasteiger partial charge in [-0.15, -0.1) is 0 Å². The van der Waals surface area contributed by atoms with E-state index in [1.807, 2.05) is 18.2 Å². The fourth-order valence-corrected chi connectivity index (χ4v) is 3.56. The molecule has 2 aromatic rings. The Hall–Kier alpha value is -2.76. The van der Waals surface area contributed by atoms with Crippen molar-refractivity contribution in [2.45, 2.75) is 32.2 Å². The minimum atomic E-state index is -1.09. The highest BCUT2D eigenvalue weighted by Gasteiger charge is 2.27. The molecule has 148 valence electrons. The molecule has 0 aliphatic carbocycles. The lowest BCUT2D eigenvalue weighted by Crippen LogP contribution is -2.49. The highest BCUT2D eigenvalue weighted by atomic mass is 19.2. The Labute approximate surface area is 163 Å². The number of nitrogens with one attached hydrogen (secondary N) is 1. The van der Waals surface area contributed by atoms with E-state index in [9.17, 15) is 18.4 Å². The summed E-state index contributed by atoms with van der Waals surface area (Å²) in [6, 6.07) is 12.5. The second-order valence-electron chi connectivity index (χ2n) is 7.28. The third-order valence-electron chi connectivity index (χ3n) is 5.19. The fraction of sp³-hybridized carbons (Fsp3) is 0.364. The number of hydrogen-bond donors (Lipinski definition) is 1. The van der Waals surface area contributed by atoms with Gasteiger partial charge in [0.2, 0.25) is 5.91 Å². The van der Waals surface area contributed by atoms with Gasteiger partial charge in [0, 0.05) is 18.7 Å². The average molecular weight is 386 g/mol. The highest BCUT2D eigenvalue weighted by molar-refractivity contribution is 5.97. The zero-order valence-electron chi connectivity index (χ0n) is 15.8. The van der Waals surface area contributed by atoms with Gasteiger partial charge < -0.3 is 10.2 Å².